The van der Waals surface area contributed by atoms with Gasteiger partial charge >= 0.3 is 0 Å². The van der Waals surface area contributed by atoms with Crippen molar-refractivity contribution >= 4 is 0 Å². The maximum absolute atomic E-state index is 13.7. The second-order valence-corrected chi connectivity index (χ2v) is 5.88. The predicted molar refractivity (Wildman–Crippen MR) is 84.6 cm³/mol. The van der Waals surface area contributed by atoms with E-state index >= 15 is 0 Å². The molecule has 3 rings (SSSR count). The van der Waals surface area contributed by atoms with Gasteiger partial charge in [-0.25, -0.2) is 13.2 Å². The third-order valence-electron chi connectivity index (χ3n) is 3.95. The Morgan fingerprint density at radius 1 is 1.25 bits per heavy atom. The first-order valence-electron chi connectivity index (χ1n) is 7.50. The second kappa shape index (κ2) is 6.19. The topological polar surface area (TPSA) is 25.4 Å². The highest BCUT2D eigenvalue weighted by atomic mass is 19.3. The Morgan fingerprint density at radius 3 is 2.71 bits per heavy atom. The first-order chi connectivity index (χ1) is 11.3. The maximum atomic E-state index is 13.7. The van der Waals surface area contributed by atoms with E-state index in [0.717, 1.165) is 17.3 Å². The van der Waals surface area contributed by atoms with Crippen LogP contribution in [-0.4, -0.2) is 16.6 Å². The Balaban J connectivity index is 1.96. The van der Waals surface area contributed by atoms with Gasteiger partial charge in [0.15, 0.2) is 6.73 Å². The number of alkyl halides is 2. The lowest BCUT2D eigenvalue weighted by atomic mass is 9.99. The molecule has 24 heavy (non-hydrogen) atoms. The van der Waals surface area contributed by atoms with E-state index in [-0.39, 0.29) is 0 Å². The van der Waals surface area contributed by atoms with Crippen molar-refractivity contribution < 1.29 is 17.9 Å². The number of rotatable bonds is 4. The van der Waals surface area contributed by atoms with Gasteiger partial charge in [-0.3, -0.25) is 4.98 Å². The summed E-state index contributed by atoms with van der Waals surface area (Å²) < 4.78 is 45.9. The fraction of sp³-hybridized carbons (Fsp3) is 0.278. The zero-order chi connectivity index (χ0) is 17.3. The van der Waals surface area contributed by atoms with Gasteiger partial charge in [-0.2, -0.15) is 0 Å². The van der Waals surface area contributed by atoms with Gasteiger partial charge in [0.1, 0.15) is 12.1 Å². The molecular weight excluding hydrogens is 317 g/mol. The minimum absolute atomic E-state index is 0.465. The van der Waals surface area contributed by atoms with E-state index < -0.39 is 17.3 Å². The number of halogens is 3. The number of nitrogens with zero attached hydrogens (tertiary/aromatic N) is 2. The second-order valence-electron chi connectivity index (χ2n) is 5.88. The molecule has 3 nitrogen and oxygen atoms in total. The van der Waals surface area contributed by atoms with Crippen LogP contribution >= 0.6 is 0 Å². The molecule has 0 unspecified atom stereocenters. The lowest BCUT2D eigenvalue weighted by Gasteiger charge is -2.17. The molecule has 0 atom stereocenters. The van der Waals surface area contributed by atoms with E-state index in [0.29, 0.717) is 31.3 Å². The average molecular weight is 334 g/mol. The molecule has 0 saturated heterocycles. The highest BCUT2D eigenvalue weighted by Gasteiger charge is 2.28. The Bertz CT molecular complexity index is 784. The summed E-state index contributed by atoms with van der Waals surface area (Å²) in [7, 11) is 0. The summed E-state index contributed by atoms with van der Waals surface area (Å²) in [5.41, 5.74) is 2.37. The lowest BCUT2D eigenvalue weighted by Crippen LogP contribution is -2.15. The number of hydrogen-bond donors (Lipinski definition) is 0. The molecule has 0 radical (unpaired) electrons. The van der Waals surface area contributed by atoms with Gasteiger partial charge in [-0.15, -0.1) is 0 Å². The van der Waals surface area contributed by atoms with Crippen molar-refractivity contribution in [3.05, 3.63) is 65.6 Å². The van der Waals surface area contributed by atoms with Crippen LogP contribution in [0.15, 0.2) is 42.9 Å². The quantitative estimate of drug-likeness (QED) is 0.819. The van der Waals surface area contributed by atoms with E-state index in [4.69, 9.17) is 4.74 Å². The third kappa shape index (κ3) is 3.37. The molecule has 6 heteroatoms. The standard InChI is InChI=1S/C18H17F3N2O/c1-12-15(10-23-5-6-24-11-23)7-14(9-22-12)13-3-4-17(19)16(8-13)18(2,20)21/h3-9H,10-11H2,1-2H3. The van der Waals surface area contributed by atoms with Crippen LogP contribution in [0.4, 0.5) is 13.2 Å². The van der Waals surface area contributed by atoms with Gasteiger partial charge < -0.3 is 9.64 Å². The van der Waals surface area contributed by atoms with Crippen molar-refractivity contribution in [1.29, 1.82) is 0 Å². The van der Waals surface area contributed by atoms with Crippen molar-refractivity contribution in [3.8, 4) is 11.1 Å². The fourth-order valence-corrected chi connectivity index (χ4v) is 2.57. The van der Waals surface area contributed by atoms with E-state index in [1.165, 1.54) is 12.1 Å². The summed E-state index contributed by atoms with van der Waals surface area (Å²) >= 11 is 0. The van der Waals surface area contributed by atoms with Crippen LogP contribution < -0.4 is 0 Å². The summed E-state index contributed by atoms with van der Waals surface area (Å²) in [6, 6.07) is 5.63. The molecule has 0 saturated carbocycles. The highest BCUT2D eigenvalue weighted by molar-refractivity contribution is 5.64. The summed E-state index contributed by atoms with van der Waals surface area (Å²) in [4.78, 5) is 6.30. The summed E-state index contributed by atoms with van der Waals surface area (Å²) in [6.07, 6.45) is 5.06. The molecule has 1 aromatic carbocycles. The summed E-state index contributed by atoms with van der Waals surface area (Å²) in [6.45, 7) is 3.64. The molecule has 0 aliphatic carbocycles. The molecule has 0 bridgehead atoms. The molecule has 2 heterocycles. The zero-order valence-electron chi connectivity index (χ0n) is 13.4. The van der Waals surface area contributed by atoms with Crippen LogP contribution in [0.2, 0.25) is 0 Å². The van der Waals surface area contributed by atoms with Crippen molar-refractivity contribution in [2.24, 2.45) is 0 Å². The van der Waals surface area contributed by atoms with E-state index in [9.17, 15) is 13.2 Å². The molecule has 0 amide bonds. The zero-order valence-corrected chi connectivity index (χ0v) is 13.4. The highest BCUT2D eigenvalue weighted by Crippen LogP contribution is 2.33. The van der Waals surface area contributed by atoms with Crippen LogP contribution in [0.3, 0.4) is 0 Å². The Morgan fingerprint density at radius 2 is 2.04 bits per heavy atom. The number of aromatic nitrogens is 1. The van der Waals surface area contributed by atoms with E-state index in [2.05, 4.69) is 4.98 Å². The predicted octanol–water partition coefficient (Wildman–Crippen LogP) is 4.57. The Labute approximate surface area is 138 Å². The molecule has 1 aromatic heterocycles. The lowest BCUT2D eigenvalue weighted by molar-refractivity contribution is 0.0138. The number of aryl methyl sites for hydroxylation is 1. The molecule has 0 fully saturated rings. The number of pyridine rings is 1. The minimum atomic E-state index is -3.24. The first kappa shape index (κ1) is 16.4. The molecule has 1 aliphatic rings. The molecule has 126 valence electrons. The van der Waals surface area contributed by atoms with Gasteiger partial charge in [0.05, 0.1) is 5.56 Å². The van der Waals surface area contributed by atoms with Crippen LogP contribution in [0.1, 0.15) is 23.7 Å². The monoisotopic (exact) mass is 334 g/mol. The molecular formula is C18H17F3N2O. The van der Waals surface area contributed by atoms with Crippen molar-refractivity contribution in [1.82, 2.24) is 9.88 Å². The van der Waals surface area contributed by atoms with Crippen LogP contribution in [0.25, 0.3) is 11.1 Å². The van der Waals surface area contributed by atoms with Gasteiger partial charge in [-0.1, -0.05) is 6.07 Å². The molecule has 0 spiro atoms. The van der Waals surface area contributed by atoms with E-state index in [1.807, 2.05) is 24.1 Å². The first-order valence-corrected chi connectivity index (χ1v) is 7.50. The van der Waals surface area contributed by atoms with Crippen molar-refractivity contribution in [2.75, 3.05) is 6.73 Å². The van der Waals surface area contributed by atoms with Gasteiger partial charge in [0, 0.05) is 37.1 Å². The van der Waals surface area contributed by atoms with Gasteiger partial charge in [0.2, 0.25) is 0 Å². The summed E-state index contributed by atoms with van der Waals surface area (Å²) in [5, 5.41) is 0. The summed E-state index contributed by atoms with van der Waals surface area (Å²) in [5.74, 6) is -4.15. The minimum Gasteiger partial charge on any atom is -0.479 e. The fourth-order valence-electron chi connectivity index (χ4n) is 2.57. The number of benzene rings is 1. The molecule has 1 aliphatic heterocycles. The van der Waals surface area contributed by atoms with Crippen LogP contribution in [0.5, 0.6) is 0 Å². The Hall–Kier alpha value is -2.50. The number of hydrogen-bond acceptors (Lipinski definition) is 3. The normalized spacial score (nSPS) is 14.1. The van der Waals surface area contributed by atoms with Gasteiger partial charge in [0.25, 0.3) is 5.92 Å². The van der Waals surface area contributed by atoms with Crippen molar-refractivity contribution in [3.63, 3.8) is 0 Å². The SMILES string of the molecule is Cc1ncc(-c2ccc(F)c(C(C)(F)F)c2)cc1CN1C=COC1. The van der Waals surface area contributed by atoms with Gasteiger partial charge in [-0.05, 0) is 36.2 Å². The Kier molecular flexibility index (Phi) is 4.22. The third-order valence-corrected chi connectivity index (χ3v) is 3.95. The van der Waals surface area contributed by atoms with Crippen LogP contribution in [-0.2, 0) is 17.2 Å². The molecule has 2 aromatic rings. The smallest absolute Gasteiger partial charge is 0.273 e. The van der Waals surface area contributed by atoms with Crippen molar-refractivity contribution in [2.45, 2.75) is 26.3 Å². The molecule has 0 N–H and O–H groups in total. The average Bonchev–Trinajstić information content (AvgIpc) is 3.02. The van der Waals surface area contributed by atoms with Crippen LogP contribution in [0, 0.1) is 12.7 Å². The van der Waals surface area contributed by atoms with E-state index in [1.54, 1.807) is 12.5 Å². The maximum Gasteiger partial charge on any atom is 0.273 e. The number of ether oxygens (including phenoxy) is 1. The largest absolute Gasteiger partial charge is 0.479 e.